The number of rotatable bonds is 29. The summed E-state index contributed by atoms with van der Waals surface area (Å²) in [4.78, 5) is 74.0. The molecule has 390 valence electrons. The van der Waals surface area contributed by atoms with Crippen LogP contribution in [0.2, 0.25) is 0 Å². The average Bonchev–Trinajstić information content (AvgIpc) is 3.39. The number of carbonyl (C=O) groups is 6. The lowest BCUT2D eigenvalue weighted by Gasteiger charge is -2.36. The monoisotopic (exact) mass is 985 g/mol. The van der Waals surface area contributed by atoms with E-state index >= 15 is 0 Å². The van der Waals surface area contributed by atoms with Crippen LogP contribution < -0.4 is 14.2 Å². The molecule has 1 aromatic carbocycles. The Hall–Kier alpha value is -4.84. The molecule has 0 amide bonds. The second kappa shape index (κ2) is 31.5. The Labute approximate surface area is 412 Å². The van der Waals surface area contributed by atoms with Crippen LogP contribution in [0.3, 0.4) is 0 Å². The van der Waals surface area contributed by atoms with E-state index in [-0.39, 0.29) is 100 Å². The van der Waals surface area contributed by atoms with Crippen molar-refractivity contribution in [2.24, 2.45) is 47.3 Å². The van der Waals surface area contributed by atoms with Crippen molar-refractivity contribution in [2.45, 2.75) is 103 Å². The Morgan fingerprint density at radius 3 is 1.07 bits per heavy atom. The molecule has 1 aromatic rings. The van der Waals surface area contributed by atoms with Gasteiger partial charge in [0.15, 0.2) is 11.5 Å². The molecular formula is C53H76O17. The molecule has 0 aliphatic heterocycles. The number of methoxy groups -OCH3 is 1. The van der Waals surface area contributed by atoms with Crippen molar-refractivity contribution in [3.8, 4) is 17.2 Å². The molecule has 4 aliphatic rings. The summed E-state index contributed by atoms with van der Waals surface area (Å²) in [6.45, 7) is 9.82. The van der Waals surface area contributed by atoms with Crippen molar-refractivity contribution >= 4 is 35.8 Å². The minimum Gasteiger partial charge on any atom is -0.493 e. The predicted molar refractivity (Wildman–Crippen MR) is 254 cm³/mol. The highest BCUT2D eigenvalue weighted by molar-refractivity contribution is 5.81. The molecular weight excluding hydrogens is 909 g/mol. The molecule has 17 nitrogen and oxygen atoms in total. The Morgan fingerprint density at radius 2 is 0.729 bits per heavy atom. The van der Waals surface area contributed by atoms with Gasteiger partial charge < -0.3 is 52.1 Å². The van der Waals surface area contributed by atoms with Crippen LogP contribution in [0.4, 0.5) is 0 Å². The lowest BCUT2D eigenvalue weighted by molar-refractivity contribution is -0.152. The van der Waals surface area contributed by atoms with Crippen molar-refractivity contribution in [1.82, 2.24) is 0 Å². The fraction of sp³-hybridized carbons (Fsp3) is 0.698. The molecule has 0 spiro atoms. The maximum Gasteiger partial charge on any atom is 0.330 e. The van der Waals surface area contributed by atoms with Crippen molar-refractivity contribution in [1.29, 1.82) is 0 Å². The fourth-order valence-electron chi connectivity index (χ4n) is 10.3. The summed E-state index contributed by atoms with van der Waals surface area (Å²) in [5.41, 5.74) is 0. The minimum absolute atomic E-state index is 0.102. The average molecular weight is 985 g/mol. The molecule has 4 aliphatic carbocycles. The van der Waals surface area contributed by atoms with Crippen LogP contribution in [0.1, 0.15) is 103 Å². The zero-order chi connectivity index (χ0) is 49.9. The highest BCUT2D eigenvalue weighted by Gasteiger charge is 2.37. The highest BCUT2D eigenvalue weighted by Crippen LogP contribution is 2.44. The molecule has 0 bridgehead atoms. The first-order valence-electron chi connectivity index (χ1n) is 25.4. The molecule has 17 heteroatoms. The number of hydrogen-bond donors (Lipinski definition) is 0. The first kappa shape index (κ1) is 56.1. The summed E-state index contributed by atoms with van der Waals surface area (Å²) < 4.78 is 59.4. The summed E-state index contributed by atoms with van der Waals surface area (Å²) in [6, 6.07) is 4.86. The number of ether oxygens (including phenoxy) is 11. The van der Waals surface area contributed by atoms with Crippen molar-refractivity contribution in [3.05, 3.63) is 43.5 Å². The van der Waals surface area contributed by atoms with Crippen molar-refractivity contribution in [3.63, 3.8) is 0 Å². The summed E-state index contributed by atoms with van der Waals surface area (Å²) in [5, 5.41) is 0. The number of carbonyl (C=O) groups excluding carboxylic acids is 6. The van der Waals surface area contributed by atoms with Gasteiger partial charge in [-0.1, -0.05) is 13.2 Å². The summed E-state index contributed by atoms with van der Waals surface area (Å²) in [5.74, 6) is 0.518. The first-order valence-corrected chi connectivity index (χ1v) is 25.4. The van der Waals surface area contributed by atoms with E-state index in [4.69, 9.17) is 52.1 Å². The van der Waals surface area contributed by atoms with Gasteiger partial charge in [0.05, 0.1) is 83.6 Å². The van der Waals surface area contributed by atoms with E-state index in [2.05, 4.69) is 13.2 Å². The molecule has 0 aromatic heterocycles. The van der Waals surface area contributed by atoms with Crippen molar-refractivity contribution < 1.29 is 80.9 Å². The van der Waals surface area contributed by atoms with E-state index in [9.17, 15) is 28.8 Å². The SMILES string of the molecule is C=CC(=O)OCCOCCOCCOC(=O)C1CCC(C2CCC(C(=O)Oc3ccc(OC(=O)C4CCC(C5CCC(C(=O)OCCOCCOCCOC(=O)C=C)CC5)CC4)c(OC)c3)CC2)CC1. The minimum atomic E-state index is -0.490. The smallest absolute Gasteiger partial charge is 0.330 e. The second-order valence-corrected chi connectivity index (χ2v) is 18.6. The highest BCUT2D eigenvalue weighted by atomic mass is 16.6. The Bertz CT molecular complexity index is 1800. The van der Waals surface area contributed by atoms with Gasteiger partial charge in [-0.25, -0.2) is 9.59 Å². The predicted octanol–water partition coefficient (Wildman–Crippen LogP) is 7.34. The molecule has 0 heterocycles. The van der Waals surface area contributed by atoms with E-state index in [0.29, 0.717) is 67.3 Å². The molecule has 0 unspecified atom stereocenters. The number of benzene rings is 1. The van der Waals surface area contributed by atoms with E-state index in [1.807, 2.05) is 0 Å². The quantitative estimate of drug-likeness (QED) is 0.0253. The molecule has 0 N–H and O–H groups in total. The van der Waals surface area contributed by atoms with Gasteiger partial charge in [0.1, 0.15) is 32.2 Å². The van der Waals surface area contributed by atoms with Gasteiger partial charge in [0.2, 0.25) is 0 Å². The van der Waals surface area contributed by atoms with E-state index in [1.54, 1.807) is 18.2 Å². The van der Waals surface area contributed by atoms with Crippen LogP contribution in [-0.4, -0.2) is 122 Å². The van der Waals surface area contributed by atoms with Gasteiger partial charge in [-0.2, -0.15) is 0 Å². The normalized spacial score (nSPS) is 24.5. The van der Waals surface area contributed by atoms with Crippen LogP contribution in [0.5, 0.6) is 17.2 Å². The van der Waals surface area contributed by atoms with Gasteiger partial charge in [0.25, 0.3) is 0 Å². The topological polar surface area (TPSA) is 204 Å². The fourth-order valence-corrected chi connectivity index (χ4v) is 10.3. The van der Waals surface area contributed by atoms with Crippen LogP contribution >= 0.6 is 0 Å². The third kappa shape index (κ3) is 19.4. The first-order chi connectivity index (χ1) is 34.1. The Balaban J connectivity index is 0.897. The molecule has 70 heavy (non-hydrogen) atoms. The maximum atomic E-state index is 13.3. The maximum absolute atomic E-state index is 13.3. The van der Waals surface area contributed by atoms with Gasteiger partial charge in [-0.05, 0) is 139 Å². The van der Waals surface area contributed by atoms with E-state index in [1.165, 1.54) is 7.11 Å². The molecule has 0 radical (unpaired) electrons. The van der Waals surface area contributed by atoms with Gasteiger partial charge in [-0.15, -0.1) is 0 Å². The van der Waals surface area contributed by atoms with Gasteiger partial charge >= 0.3 is 35.8 Å². The van der Waals surface area contributed by atoms with Crippen LogP contribution in [0.15, 0.2) is 43.5 Å². The second-order valence-electron chi connectivity index (χ2n) is 18.6. The number of hydrogen-bond acceptors (Lipinski definition) is 17. The van der Waals surface area contributed by atoms with Crippen molar-refractivity contribution in [2.75, 3.05) is 86.4 Å². The summed E-state index contributed by atoms with van der Waals surface area (Å²) in [6.07, 6.45) is 16.0. The van der Waals surface area contributed by atoms with Crippen LogP contribution in [0.25, 0.3) is 0 Å². The molecule has 4 saturated carbocycles. The zero-order valence-corrected chi connectivity index (χ0v) is 41.2. The molecule has 0 atom stereocenters. The van der Waals surface area contributed by atoms with E-state index in [0.717, 1.165) is 115 Å². The Morgan fingerprint density at radius 1 is 0.414 bits per heavy atom. The zero-order valence-electron chi connectivity index (χ0n) is 41.2. The van der Waals surface area contributed by atoms with Crippen LogP contribution in [0, 0.1) is 47.3 Å². The van der Waals surface area contributed by atoms with Gasteiger partial charge in [-0.3, -0.25) is 19.2 Å². The third-order valence-corrected chi connectivity index (χ3v) is 14.3. The third-order valence-electron chi connectivity index (χ3n) is 14.3. The molecule has 5 rings (SSSR count). The van der Waals surface area contributed by atoms with Gasteiger partial charge in [0, 0.05) is 18.2 Å². The summed E-state index contributed by atoms with van der Waals surface area (Å²) in [7, 11) is 1.49. The lowest BCUT2D eigenvalue weighted by Crippen LogP contribution is -2.32. The van der Waals surface area contributed by atoms with E-state index < -0.39 is 11.9 Å². The largest absolute Gasteiger partial charge is 0.493 e. The van der Waals surface area contributed by atoms with Crippen LogP contribution in [-0.2, 0) is 66.7 Å². The number of esters is 6. The molecule has 4 fully saturated rings. The summed E-state index contributed by atoms with van der Waals surface area (Å²) >= 11 is 0. The lowest BCUT2D eigenvalue weighted by atomic mass is 9.69. The standard InChI is InChI=1S/C53H76O17/c1-4-48(54)65-32-28-61-24-26-63-30-34-67-50(56)41-14-6-37(7-15-41)39-10-18-43(19-11-39)52(58)69-45-22-23-46(47(36-45)60-3)70-53(59)44-20-12-40(13-21-44)38-8-16-42(17-9-38)51(57)68-35-31-64-27-25-62-29-33-66-49(55)5-2/h4-5,22-23,36-44H,1-2,6-21,24-35H2,3H3. The molecule has 0 saturated heterocycles. The Kier molecular flexibility index (Phi) is 25.2.